The van der Waals surface area contributed by atoms with Gasteiger partial charge in [0.2, 0.25) is 5.91 Å². The number of nitrogens with one attached hydrogen (secondary N) is 2. The van der Waals surface area contributed by atoms with Gasteiger partial charge < -0.3 is 10.6 Å². The van der Waals surface area contributed by atoms with Gasteiger partial charge in [0.1, 0.15) is 0 Å². The Balaban J connectivity index is 1.77. The summed E-state index contributed by atoms with van der Waals surface area (Å²) < 4.78 is 0. The molecule has 1 aliphatic heterocycles. The van der Waals surface area contributed by atoms with E-state index in [2.05, 4.69) is 22.8 Å². The van der Waals surface area contributed by atoms with Crippen LogP contribution >= 0.6 is 0 Å². The second-order valence-electron chi connectivity index (χ2n) is 5.34. The Hall–Kier alpha value is -1.35. The maximum atomic E-state index is 12.2. The standard InChI is InChI=1S/C15H20N2O/c18-15(12-4-1-2-5-12)17-14-7-3-6-11-8-9-16-10-13(11)14/h3,6-7,12,16H,1-2,4-5,8-10H2,(H,17,18). The van der Waals surface area contributed by atoms with Crippen LogP contribution in [0.2, 0.25) is 0 Å². The molecule has 3 rings (SSSR count). The summed E-state index contributed by atoms with van der Waals surface area (Å²) in [5, 5.41) is 6.51. The van der Waals surface area contributed by atoms with Crippen molar-refractivity contribution in [2.24, 2.45) is 5.92 Å². The quantitative estimate of drug-likeness (QED) is 0.839. The SMILES string of the molecule is O=C(Nc1cccc2c1CNCC2)C1CCCC1. The summed E-state index contributed by atoms with van der Waals surface area (Å²) in [5.41, 5.74) is 3.66. The molecule has 1 saturated carbocycles. The molecule has 18 heavy (non-hydrogen) atoms. The van der Waals surface area contributed by atoms with Crippen molar-refractivity contribution in [1.29, 1.82) is 0 Å². The summed E-state index contributed by atoms with van der Waals surface area (Å²) in [7, 11) is 0. The van der Waals surface area contributed by atoms with Gasteiger partial charge in [-0.25, -0.2) is 0 Å². The average molecular weight is 244 g/mol. The molecule has 2 N–H and O–H groups in total. The van der Waals surface area contributed by atoms with E-state index in [0.29, 0.717) is 0 Å². The molecule has 1 heterocycles. The molecular formula is C15H20N2O. The minimum atomic E-state index is 0.214. The summed E-state index contributed by atoms with van der Waals surface area (Å²) in [4.78, 5) is 12.2. The second-order valence-corrected chi connectivity index (χ2v) is 5.34. The minimum Gasteiger partial charge on any atom is -0.326 e. The summed E-state index contributed by atoms with van der Waals surface area (Å²) in [6.07, 6.45) is 5.57. The number of amides is 1. The fraction of sp³-hybridized carbons (Fsp3) is 0.533. The van der Waals surface area contributed by atoms with Crippen LogP contribution in [-0.4, -0.2) is 12.5 Å². The highest BCUT2D eigenvalue weighted by molar-refractivity contribution is 5.93. The monoisotopic (exact) mass is 244 g/mol. The molecule has 3 heteroatoms. The van der Waals surface area contributed by atoms with Crippen LogP contribution in [-0.2, 0) is 17.8 Å². The Morgan fingerprint density at radius 3 is 2.94 bits per heavy atom. The van der Waals surface area contributed by atoms with E-state index in [1.165, 1.54) is 24.0 Å². The molecule has 0 unspecified atom stereocenters. The first-order valence-electron chi connectivity index (χ1n) is 6.97. The van der Waals surface area contributed by atoms with E-state index in [1.807, 2.05) is 6.07 Å². The van der Waals surface area contributed by atoms with Crippen LogP contribution < -0.4 is 10.6 Å². The third kappa shape index (κ3) is 2.27. The van der Waals surface area contributed by atoms with Crippen LogP contribution in [0.25, 0.3) is 0 Å². The molecule has 0 saturated heterocycles. The van der Waals surface area contributed by atoms with Crippen LogP contribution in [0.1, 0.15) is 36.8 Å². The van der Waals surface area contributed by atoms with Crippen molar-refractivity contribution < 1.29 is 4.79 Å². The summed E-state index contributed by atoms with van der Waals surface area (Å²) >= 11 is 0. The number of carbonyl (C=O) groups is 1. The number of hydrogen-bond acceptors (Lipinski definition) is 2. The Morgan fingerprint density at radius 1 is 1.28 bits per heavy atom. The number of rotatable bonds is 2. The molecule has 3 nitrogen and oxygen atoms in total. The largest absolute Gasteiger partial charge is 0.326 e. The zero-order valence-electron chi connectivity index (χ0n) is 10.7. The predicted octanol–water partition coefficient (Wildman–Crippen LogP) is 2.46. The maximum Gasteiger partial charge on any atom is 0.227 e. The third-order valence-electron chi connectivity index (χ3n) is 4.13. The smallest absolute Gasteiger partial charge is 0.227 e. The van der Waals surface area contributed by atoms with E-state index in [4.69, 9.17) is 0 Å². The molecule has 0 radical (unpaired) electrons. The molecule has 1 amide bonds. The van der Waals surface area contributed by atoms with Gasteiger partial charge in [0.15, 0.2) is 0 Å². The predicted molar refractivity (Wildman–Crippen MR) is 72.4 cm³/mol. The van der Waals surface area contributed by atoms with Crippen molar-refractivity contribution in [3.8, 4) is 0 Å². The second kappa shape index (κ2) is 5.11. The van der Waals surface area contributed by atoms with Crippen molar-refractivity contribution in [1.82, 2.24) is 5.32 Å². The average Bonchev–Trinajstić information content (AvgIpc) is 2.93. The highest BCUT2D eigenvalue weighted by Crippen LogP contribution is 2.28. The van der Waals surface area contributed by atoms with Crippen LogP contribution in [0, 0.1) is 5.92 Å². The summed E-state index contributed by atoms with van der Waals surface area (Å²) in [6.45, 7) is 1.91. The van der Waals surface area contributed by atoms with E-state index in [1.54, 1.807) is 0 Å². The Bertz CT molecular complexity index is 450. The van der Waals surface area contributed by atoms with Crippen molar-refractivity contribution in [2.45, 2.75) is 38.6 Å². The van der Waals surface area contributed by atoms with Gasteiger partial charge in [0, 0.05) is 18.2 Å². The normalized spacial score (nSPS) is 19.6. The highest BCUT2D eigenvalue weighted by atomic mass is 16.1. The van der Waals surface area contributed by atoms with Gasteiger partial charge in [-0.05, 0) is 43.0 Å². The lowest BCUT2D eigenvalue weighted by Gasteiger charge is -2.21. The topological polar surface area (TPSA) is 41.1 Å². The van der Waals surface area contributed by atoms with E-state index >= 15 is 0 Å². The van der Waals surface area contributed by atoms with Crippen molar-refractivity contribution >= 4 is 11.6 Å². The molecule has 0 aromatic heterocycles. The number of carbonyl (C=O) groups excluding carboxylic acids is 1. The third-order valence-corrected chi connectivity index (χ3v) is 4.13. The fourth-order valence-electron chi connectivity index (χ4n) is 3.05. The van der Waals surface area contributed by atoms with Gasteiger partial charge in [-0.1, -0.05) is 25.0 Å². The van der Waals surface area contributed by atoms with E-state index in [-0.39, 0.29) is 11.8 Å². The molecule has 1 fully saturated rings. The lowest BCUT2D eigenvalue weighted by molar-refractivity contribution is -0.119. The lowest BCUT2D eigenvalue weighted by atomic mass is 9.98. The lowest BCUT2D eigenvalue weighted by Crippen LogP contribution is -2.27. The van der Waals surface area contributed by atoms with Crippen molar-refractivity contribution in [2.75, 3.05) is 11.9 Å². The van der Waals surface area contributed by atoms with E-state index in [9.17, 15) is 4.79 Å². The Morgan fingerprint density at radius 2 is 2.11 bits per heavy atom. The summed E-state index contributed by atoms with van der Waals surface area (Å²) in [6, 6.07) is 6.24. The van der Waals surface area contributed by atoms with Crippen LogP contribution in [0.15, 0.2) is 18.2 Å². The minimum absolute atomic E-state index is 0.214. The molecule has 2 aliphatic rings. The van der Waals surface area contributed by atoms with Gasteiger partial charge in [-0.2, -0.15) is 0 Å². The van der Waals surface area contributed by atoms with Crippen molar-refractivity contribution in [3.05, 3.63) is 29.3 Å². The molecule has 96 valence electrons. The molecule has 0 bridgehead atoms. The maximum absolute atomic E-state index is 12.2. The van der Waals surface area contributed by atoms with E-state index in [0.717, 1.165) is 38.0 Å². The molecule has 1 aromatic rings. The number of hydrogen-bond donors (Lipinski definition) is 2. The van der Waals surface area contributed by atoms with Gasteiger partial charge >= 0.3 is 0 Å². The zero-order chi connectivity index (χ0) is 12.4. The van der Waals surface area contributed by atoms with E-state index < -0.39 is 0 Å². The molecule has 1 aliphatic carbocycles. The highest BCUT2D eigenvalue weighted by Gasteiger charge is 2.23. The van der Waals surface area contributed by atoms with Gasteiger partial charge in [0.25, 0.3) is 0 Å². The molecule has 0 spiro atoms. The molecule has 0 atom stereocenters. The van der Waals surface area contributed by atoms with Gasteiger partial charge in [-0.15, -0.1) is 0 Å². The first-order chi connectivity index (χ1) is 8.84. The number of benzene rings is 1. The number of fused-ring (bicyclic) bond motifs is 1. The van der Waals surface area contributed by atoms with Crippen molar-refractivity contribution in [3.63, 3.8) is 0 Å². The fourth-order valence-corrected chi connectivity index (χ4v) is 3.05. The first kappa shape index (κ1) is 11.7. The van der Waals surface area contributed by atoms with Crippen LogP contribution in [0.5, 0.6) is 0 Å². The Labute approximate surface area is 108 Å². The molecular weight excluding hydrogens is 224 g/mol. The summed E-state index contributed by atoms with van der Waals surface area (Å²) in [5.74, 6) is 0.448. The number of anilines is 1. The zero-order valence-corrected chi connectivity index (χ0v) is 10.7. The Kier molecular flexibility index (Phi) is 3.33. The van der Waals surface area contributed by atoms with Gasteiger partial charge in [-0.3, -0.25) is 4.79 Å². The van der Waals surface area contributed by atoms with Crippen LogP contribution in [0.3, 0.4) is 0 Å². The van der Waals surface area contributed by atoms with Gasteiger partial charge in [0.05, 0.1) is 0 Å². The first-order valence-corrected chi connectivity index (χ1v) is 6.97. The molecule has 1 aromatic carbocycles. The van der Waals surface area contributed by atoms with Crippen LogP contribution in [0.4, 0.5) is 5.69 Å².